The highest BCUT2D eigenvalue weighted by atomic mass is 32.2. The third-order valence-corrected chi connectivity index (χ3v) is 4.87. The molecule has 0 aliphatic carbocycles. The maximum atomic E-state index is 13.8. The number of aromatic amines is 1. The topological polar surface area (TPSA) is 89.1 Å². The second-order valence-electron chi connectivity index (χ2n) is 6.04. The van der Waals surface area contributed by atoms with Crippen molar-refractivity contribution in [2.75, 3.05) is 18.9 Å². The largest absolute Gasteiger partial charge is 0.486 e. The van der Waals surface area contributed by atoms with E-state index in [1.807, 2.05) is 24.3 Å². The van der Waals surface area contributed by atoms with Crippen molar-refractivity contribution in [2.45, 2.75) is 11.3 Å². The van der Waals surface area contributed by atoms with Gasteiger partial charge in [0.1, 0.15) is 18.5 Å². The Balaban J connectivity index is 1.25. The molecule has 1 aromatic heterocycles. The predicted molar refractivity (Wildman–Crippen MR) is 102 cm³/mol. The molecule has 28 heavy (non-hydrogen) atoms. The number of rotatable bonds is 6. The van der Waals surface area contributed by atoms with Gasteiger partial charge in [0.05, 0.1) is 17.9 Å². The molecule has 1 atom stereocenters. The molecule has 144 valence electrons. The van der Waals surface area contributed by atoms with Crippen molar-refractivity contribution in [3.8, 4) is 22.9 Å². The number of fused-ring (bicyclic) bond motifs is 1. The van der Waals surface area contributed by atoms with Crippen molar-refractivity contribution >= 4 is 17.7 Å². The number of aromatic nitrogens is 3. The number of halogens is 1. The average molecular weight is 400 g/mol. The number of H-pyrrole nitrogens is 1. The first-order valence-electron chi connectivity index (χ1n) is 8.64. The number of amides is 1. The van der Waals surface area contributed by atoms with Gasteiger partial charge in [-0.3, -0.25) is 9.89 Å². The Hall–Kier alpha value is -3.07. The number of carbonyl (C=O) groups excluding carboxylic acids is 1. The van der Waals surface area contributed by atoms with Gasteiger partial charge in [-0.05, 0) is 24.3 Å². The van der Waals surface area contributed by atoms with Gasteiger partial charge >= 0.3 is 0 Å². The molecule has 3 aromatic rings. The van der Waals surface area contributed by atoms with Crippen LogP contribution in [0, 0.1) is 5.82 Å². The Bertz CT molecular complexity index is 981. The summed E-state index contributed by atoms with van der Waals surface area (Å²) in [5.74, 6) is 1.28. The normalized spacial score (nSPS) is 15.2. The lowest BCUT2D eigenvalue weighted by molar-refractivity contribution is -0.119. The smallest absolute Gasteiger partial charge is 0.230 e. The number of para-hydroxylation sites is 2. The Morgan fingerprint density at radius 2 is 2.00 bits per heavy atom. The Morgan fingerprint density at radius 1 is 1.21 bits per heavy atom. The number of ether oxygens (including phenoxy) is 2. The van der Waals surface area contributed by atoms with Crippen molar-refractivity contribution in [1.82, 2.24) is 20.5 Å². The molecular formula is C19H17FN4O3S. The van der Waals surface area contributed by atoms with Crippen LogP contribution in [0.4, 0.5) is 4.39 Å². The Kier molecular flexibility index (Phi) is 5.43. The molecule has 0 spiro atoms. The van der Waals surface area contributed by atoms with Gasteiger partial charge in [-0.2, -0.15) is 0 Å². The molecule has 1 aliphatic heterocycles. The lowest BCUT2D eigenvalue weighted by Crippen LogP contribution is -2.41. The zero-order chi connectivity index (χ0) is 19.3. The highest BCUT2D eigenvalue weighted by Gasteiger charge is 2.21. The number of nitrogens with zero attached hydrogens (tertiary/aromatic N) is 2. The highest BCUT2D eigenvalue weighted by molar-refractivity contribution is 7.99. The van der Waals surface area contributed by atoms with Crippen LogP contribution in [-0.4, -0.2) is 46.1 Å². The number of hydrogen-bond donors (Lipinski definition) is 2. The van der Waals surface area contributed by atoms with E-state index in [2.05, 4.69) is 20.5 Å². The minimum atomic E-state index is -0.385. The summed E-state index contributed by atoms with van der Waals surface area (Å²) in [5.41, 5.74) is 0.334. The summed E-state index contributed by atoms with van der Waals surface area (Å²) in [6.07, 6.45) is -0.250. The molecule has 1 amide bonds. The van der Waals surface area contributed by atoms with Crippen LogP contribution in [0.15, 0.2) is 53.7 Å². The van der Waals surface area contributed by atoms with E-state index in [1.165, 1.54) is 17.8 Å². The second kappa shape index (κ2) is 8.30. The van der Waals surface area contributed by atoms with E-state index in [0.717, 1.165) is 0 Å². The van der Waals surface area contributed by atoms with E-state index in [-0.39, 0.29) is 23.6 Å². The van der Waals surface area contributed by atoms with E-state index in [1.54, 1.807) is 18.2 Å². The summed E-state index contributed by atoms with van der Waals surface area (Å²) in [6, 6.07) is 13.7. The molecule has 0 saturated carbocycles. The number of thioether (sulfide) groups is 1. The van der Waals surface area contributed by atoms with E-state index >= 15 is 0 Å². The van der Waals surface area contributed by atoms with Crippen molar-refractivity contribution < 1.29 is 18.7 Å². The molecule has 0 saturated heterocycles. The SMILES string of the molecule is O=C(CSc1n[nH]c(-c2ccccc2F)n1)NC[C@@H]1COc2ccccc2O1. The molecule has 2 aromatic carbocycles. The van der Waals surface area contributed by atoms with Crippen LogP contribution in [0.2, 0.25) is 0 Å². The Morgan fingerprint density at radius 3 is 2.86 bits per heavy atom. The summed E-state index contributed by atoms with van der Waals surface area (Å²) in [4.78, 5) is 16.3. The zero-order valence-electron chi connectivity index (χ0n) is 14.7. The van der Waals surface area contributed by atoms with Gasteiger partial charge in [0.15, 0.2) is 17.3 Å². The van der Waals surface area contributed by atoms with Crippen LogP contribution in [-0.2, 0) is 4.79 Å². The lowest BCUT2D eigenvalue weighted by Gasteiger charge is -2.26. The van der Waals surface area contributed by atoms with Gasteiger partial charge < -0.3 is 14.8 Å². The molecule has 0 fully saturated rings. The van der Waals surface area contributed by atoms with E-state index in [4.69, 9.17) is 9.47 Å². The molecule has 0 bridgehead atoms. The van der Waals surface area contributed by atoms with Crippen LogP contribution in [0.3, 0.4) is 0 Å². The summed E-state index contributed by atoms with van der Waals surface area (Å²) in [6.45, 7) is 0.708. The van der Waals surface area contributed by atoms with Crippen molar-refractivity contribution in [3.05, 3.63) is 54.3 Å². The Labute approximate surface area is 164 Å². The fourth-order valence-electron chi connectivity index (χ4n) is 2.66. The summed E-state index contributed by atoms with van der Waals surface area (Å²) < 4.78 is 25.2. The molecule has 9 heteroatoms. The quantitative estimate of drug-likeness (QED) is 0.619. The van der Waals surface area contributed by atoms with Gasteiger partial charge in [-0.1, -0.05) is 36.0 Å². The first-order valence-corrected chi connectivity index (χ1v) is 9.63. The highest BCUT2D eigenvalue weighted by Crippen LogP contribution is 2.30. The minimum absolute atomic E-state index is 0.138. The van der Waals surface area contributed by atoms with Crippen LogP contribution in [0.1, 0.15) is 0 Å². The van der Waals surface area contributed by atoms with Gasteiger partial charge in [0, 0.05) is 0 Å². The molecule has 0 unspecified atom stereocenters. The lowest BCUT2D eigenvalue weighted by atomic mass is 10.2. The van der Waals surface area contributed by atoms with E-state index < -0.39 is 0 Å². The van der Waals surface area contributed by atoms with Crippen LogP contribution in [0.25, 0.3) is 11.4 Å². The zero-order valence-corrected chi connectivity index (χ0v) is 15.5. The second-order valence-corrected chi connectivity index (χ2v) is 6.98. The first-order chi connectivity index (χ1) is 13.7. The molecule has 0 radical (unpaired) electrons. The van der Waals surface area contributed by atoms with Crippen LogP contribution >= 0.6 is 11.8 Å². The minimum Gasteiger partial charge on any atom is -0.486 e. The number of carbonyl (C=O) groups is 1. The first kappa shape index (κ1) is 18.3. The maximum absolute atomic E-state index is 13.8. The standard InChI is InChI=1S/C19H17FN4O3S/c20-14-6-2-1-5-13(14)18-22-19(24-23-18)28-11-17(25)21-9-12-10-26-15-7-3-4-8-16(15)27-12/h1-8,12H,9-11H2,(H,21,25)(H,22,23,24)/t12-/m1/s1. The molecule has 2 heterocycles. The number of benzene rings is 2. The van der Waals surface area contributed by atoms with Crippen LogP contribution in [0.5, 0.6) is 11.5 Å². The third-order valence-electron chi connectivity index (χ3n) is 4.02. The fraction of sp³-hybridized carbons (Fsp3) is 0.211. The molecular weight excluding hydrogens is 383 g/mol. The maximum Gasteiger partial charge on any atom is 0.230 e. The summed E-state index contributed by atoms with van der Waals surface area (Å²) in [5, 5.41) is 9.89. The summed E-state index contributed by atoms with van der Waals surface area (Å²) >= 11 is 1.17. The van der Waals surface area contributed by atoms with Gasteiger partial charge in [0.2, 0.25) is 11.1 Å². The van der Waals surface area contributed by atoms with E-state index in [0.29, 0.717) is 41.2 Å². The van der Waals surface area contributed by atoms with E-state index in [9.17, 15) is 9.18 Å². The molecule has 1 aliphatic rings. The van der Waals surface area contributed by atoms with Crippen molar-refractivity contribution in [3.63, 3.8) is 0 Å². The molecule has 7 nitrogen and oxygen atoms in total. The number of hydrogen-bond acceptors (Lipinski definition) is 6. The fourth-order valence-corrected chi connectivity index (χ4v) is 3.29. The van der Waals surface area contributed by atoms with Gasteiger partial charge in [-0.15, -0.1) is 5.10 Å². The van der Waals surface area contributed by atoms with Gasteiger partial charge in [-0.25, -0.2) is 9.37 Å². The average Bonchev–Trinajstić information content (AvgIpc) is 3.19. The van der Waals surface area contributed by atoms with Gasteiger partial charge in [0.25, 0.3) is 0 Å². The predicted octanol–water partition coefficient (Wildman–Crippen LogP) is 2.66. The molecule has 2 N–H and O–H groups in total. The molecule has 4 rings (SSSR count). The van der Waals surface area contributed by atoms with Crippen molar-refractivity contribution in [1.29, 1.82) is 0 Å². The third kappa shape index (κ3) is 4.25. The van der Waals surface area contributed by atoms with Crippen molar-refractivity contribution in [2.24, 2.45) is 0 Å². The summed E-state index contributed by atoms with van der Waals surface area (Å²) in [7, 11) is 0. The number of nitrogens with one attached hydrogen (secondary N) is 2. The monoisotopic (exact) mass is 400 g/mol. The van der Waals surface area contributed by atoms with Crippen LogP contribution < -0.4 is 14.8 Å².